The number of carbonyl (C=O) groups excluding carboxylic acids is 3. The topological polar surface area (TPSA) is 118 Å². The number of hydrogen-bond donors (Lipinski definition) is 3. The van der Waals surface area contributed by atoms with Crippen molar-refractivity contribution >= 4 is 50.7 Å². The van der Waals surface area contributed by atoms with Crippen LogP contribution in [0.4, 0.5) is 0 Å². The average molecular weight is 568 g/mol. The molecule has 0 bridgehead atoms. The molecule has 0 unspecified atom stereocenters. The molecule has 216 valence electrons. The van der Waals surface area contributed by atoms with E-state index in [4.69, 9.17) is 9.47 Å². The van der Waals surface area contributed by atoms with E-state index in [1.54, 1.807) is 6.20 Å². The van der Waals surface area contributed by atoms with Gasteiger partial charge < -0.3 is 29.7 Å². The van der Waals surface area contributed by atoms with E-state index >= 15 is 0 Å². The Morgan fingerprint density at radius 1 is 0.976 bits per heavy atom. The van der Waals surface area contributed by atoms with Gasteiger partial charge in [-0.25, -0.2) is 0 Å². The summed E-state index contributed by atoms with van der Waals surface area (Å²) in [6, 6.07) is 15.3. The zero-order valence-corrected chi connectivity index (χ0v) is 23.9. The molecular weight excluding hydrogens is 534 g/mol. The van der Waals surface area contributed by atoms with Crippen molar-refractivity contribution in [1.29, 1.82) is 0 Å². The summed E-state index contributed by atoms with van der Waals surface area (Å²) in [5.41, 5.74) is 4.04. The van der Waals surface area contributed by atoms with Crippen LogP contribution in [-0.4, -0.2) is 75.8 Å². The minimum Gasteiger partial charge on any atom is -0.361 e. The summed E-state index contributed by atoms with van der Waals surface area (Å²) in [5, 5.41) is 8.33. The molecule has 2 saturated heterocycles. The Bertz CT molecular complexity index is 1800. The largest absolute Gasteiger partial charge is 0.361 e. The van der Waals surface area contributed by atoms with Gasteiger partial charge in [0.1, 0.15) is 12.2 Å². The number of fused-ring (bicyclic) bond motifs is 3. The molecule has 42 heavy (non-hydrogen) atoms. The average Bonchev–Trinajstić information content (AvgIpc) is 3.68. The first-order valence-corrected chi connectivity index (χ1v) is 14.2. The van der Waals surface area contributed by atoms with Gasteiger partial charge in [0.25, 0.3) is 11.8 Å². The number of benzene rings is 2. The van der Waals surface area contributed by atoms with Gasteiger partial charge in [0.15, 0.2) is 5.79 Å². The third kappa shape index (κ3) is 4.17. The summed E-state index contributed by atoms with van der Waals surface area (Å²) < 4.78 is 14.7. The number of aromatic amines is 1. The van der Waals surface area contributed by atoms with E-state index in [1.165, 1.54) is 18.9 Å². The van der Waals surface area contributed by atoms with Crippen molar-refractivity contribution in [2.45, 2.75) is 57.4 Å². The van der Waals surface area contributed by atoms with Gasteiger partial charge in [-0.05, 0) is 26.0 Å². The Hall–Kier alpha value is -4.25. The number of H-pyrrole nitrogens is 1. The summed E-state index contributed by atoms with van der Waals surface area (Å²) in [7, 11) is 1.53. The molecule has 4 aromatic rings. The lowest BCUT2D eigenvalue weighted by Crippen LogP contribution is -2.64. The fraction of sp³-hybridized carbons (Fsp3) is 0.344. The van der Waals surface area contributed by atoms with Crippen LogP contribution in [0.3, 0.4) is 0 Å². The Balaban J connectivity index is 1.32. The normalized spacial score (nSPS) is 25.6. The number of piperidine rings is 1. The van der Waals surface area contributed by atoms with Crippen molar-refractivity contribution in [3.8, 4) is 0 Å². The standard InChI is InChI=1S/C32H33N5O5/c1-17(38)35-23-14-34-24(29-28(23)41-32(2,3)42-29)16-37-15-21(19-10-6-8-12-25(19)37)27-26(30(39)36(4)31(27)40)20-13-33-22-11-7-5-9-18(20)22/h5-13,15,23-24,28-29,33-34H,14,16H2,1-4H3,(H,35,38)/t23-,24-,28+,29+/m0/s1. The van der Waals surface area contributed by atoms with Gasteiger partial charge in [-0.15, -0.1) is 0 Å². The van der Waals surface area contributed by atoms with Gasteiger partial charge in [-0.2, -0.15) is 0 Å². The Morgan fingerprint density at radius 3 is 2.40 bits per heavy atom. The van der Waals surface area contributed by atoms with Crippen LogP contribution in [0.2, 0.25) is 0 Å². The molecule has 7 rings (SSSR count). The third-order valence-electron chi connectivity index (χ3n) is 8.54. The number of carbonyl (C=O) groups is 3. The number of hydrogen-bond acceptors (Lipinski definition) is 6. The number of imide groups is 1. The van der Waals surface area contributed by atoms with E-state index in [9.17, 15) is 14.4 Å². The summed E-state index contributed by atoms with van der Waals surface area (Å²) >= 11 is 0. The van der Waals surface area contributed by atoms with Gasteiger partial charge in [0.2, 0.25) is 5.91 Å². The minimum atomic E-state index is -0.791. The van der Waals surface area contributed by atoms with Crippen LogP contribution in [0.1, 0.15) is 31.9 Å². The fourth-order valence-corrected chi connectivity index (χ4v) is 6.74. The first-order chi connectivity index (χ1) is 20.1. The molecule has 10 nitrogen and oxygen atoms in total. The molecule has 5 heterocycles. The maximum absolute atomic E-state index is 13.7. The van der Waals surface area contributed by atoms with Crippen LogP contribution in [0.15, 0.2) is 60.9 Å². The van der Waals surface area contributed by atoms with E-state index in [0.29, 0.717) is 35.4 Å². The summed E-state index contributed by atoms with van der Waals surface area (Å²) in [6.45, 7) is 6.33. The number of rotatable bonds is 5. The van der Waals surface area contributed by atoms with Crippen LogP contribution in [0, 0.1) is 0 Å². The second kappa shape index (κ2) is 9.65. The van der Waals surface area contributed by atoms with Crippen LogP contribution in [0.5, 0.6) is 0 Å². The van der Waals surface area contributed by atoms with Crippen LogP contribution >= 0.6 is 0 Å². The van der Waals surface area contributed by atoms with Crippen molar-refractivity contribution in [3.63, 3.8) is 0 Å². The highest BCUT2D eigenvalue weighted by molar-refractivity contribution is 6.50. The lowest BCUT2D eigenvalue weighted by Gasteiger charge is -2.38. The summed E-state index contributed by atoms with van der Waals surface area (Å²) in [5.74, 6) is -1.56. The molecule has 3 aliphatic rings. The number of nitrogens with zero attached hydrogens (tertiary/aromatic N) is 2. The number of ether oxygens (including phenoxy) is 2. The number of para-hydroxylation sites is 2. The number of aromatic nitrogens is 2. The monoisotopic (exact) mass is 567 g/mol. The minimum absolute atomic E-state index is 0.117. The van der Waals surface area contributed by atoms with Crippen LogP contribution in [-0.2, 0) is 30.4 Å². The van der Waals surface area contributed by atoms with E-state index in [1.807, 2.05) is 68.6 Å². The van der Waals surface area contributed by atoms with Gasteiger partial charge in [0.05, 0.1) is 23.2 Å². The molecule has 2 aromatic heterocycles. The Labute approximate surface area is 242 Å². The molecule has 10 heteroatoms. The summed E-state index contributed by atoms with van der Waals surface area (Å²) in [4.78, 5) is 43.5. The second-order valence-corrected chi connectivity index (χ2v) is 11.8. The smallest absolute Gasteiger partial charge is 0.261 e. The maximum atomic E-state index is 13.7. The maximum Gasteiger partial charge on any atom is 0.261 e. The van der Waals surface area contributed by atoms with Crippen molar-refractivity contribution in [1.82, 2.24) is 25.1 Å². The first-order valence-electron chi connectivity index (χ1n) is 14.2. The van der Waals surface area contributed by atoms with E-state index < -0.39 is 5.79 Å². The molecule has 3 aliphatic heterocycles. The van der Waals surface area contributed by atoms with E-state index in [2.05, 4.69) is 20.2 Å². The van der Waals surface area contributed by atoms with Crippen molar-refractivity contribution < 1.29 is 23.9 Å². The summed E-state index contributed by atoms with van der Waals surface area (Å²) in [6.07, 6.45) is 3.16. The number of amides is 3. The predicted octanol–water partition coefficient (Wildman–Crippen LogP) is 3.03. The quantitative estimate of drug-likeness (QED) is 0.319. The fourth-order valence-electron chi connectivity index (χ4n) is 6.74. The molecule has 2 aromatic carbocycles. The highest BCUT2D eigenvalue weighted by atomic mass is 16.8. The van der Waals surface area contributed by atoms with Crippen molar-refractivity contribution in [2.24, 2.45) is 0 Å². The molecule has 3 N–H and O–H groups in total. The van der Waals surface area contributed by atoms with Gasteiger partial charge in [-0.1, -0.05) is 36.4 Å². The Morgan fingerprint density at radius 2 is 1.64 bits per heavy atom. The molecule has 2 fully saturated rings. The highest BCUT2D eigenvalue weighted by Gasteiger charge is 2.51. The molecule has 4 atom stereocenters. The molecule has 3 amide bonds. The molecule has 0 aliphatic carbocycles. The zero-order chi connectivity index (χ0) is 29.3. The SMILES string of the molecule is CC(=O)N[C@H]1CN[C@@H](Cn2cc(C3=C(c4c[nH]c5ccccc45)C(=O)N(C)C3=O)c3ccccc32)[C@H]2OC(C)(C)O[C@@H]21. The van der Waals surface area contributed by atoms with Gasteiger partial charge in [-0.3, -0.25) is 19.3 Å². The van der Waals surface area contributed by atoms with Crippen molar-refractivity contribution in [3.05, 3.63) is 72.1 Å². The number of nitrogens with one attached hydrogen (secondary N) is 3. The lowest BCUT2D eigenvalue weighted by molar-refractivity contribution is -0.149. The van der Waals surface area contributed by atoms with Gasteiger partial charge >= 0.3 is 0 Å². The third-order valence-corrected chi connectivity index (χ3v) is 8.54. The zero-order valence-electron chi connectivity index (χ0n) is 23.9. The lowest BCUT2D eigenvalue weighted by atomic mass is 9.94. The Kier molecular flexibility index (Phi) is 6.12. The van der Waals surface area contributed by atoms with E-state index in [-0.39, 0.29) is 42.0 Å². The first kappa shape index (κ1) is 26.6. The molecule has 0 spiro atoms. The van der Waals surface area contributed by atoms with Crippen LogP contribution < -0.4 is 10.6 Å². The highest BCUT2D eigenvalue weighted by Crippen LogP contribution is 2.41. The van der Waals surface area contributed by atoms with Gasteiger partial charge in [0, 0.05) is 72.4 Å². The molecular formula is C32H33N5O5. The number of likely N-dealkylation sites (N-methyl/N-ethyl adjacent to an activating group) is 1. The molecule has 0 radical (unpaired) electrons. The van der Waals surface area contributed by atoms with E-state index in [0.717, 1.165) is 21.8 Å². The van der Waals surface area contributed by atoms with Crippen molar-refractivity contribution in [2.75, 3.05) is 13.6 Å². The second-order valence-electron chi connectivity index (χ2n) is 11.8. The van der Waals surface area contributed by atoms with Crippen LogP contribution in [0.25, 0.3) is 33.0 Å². The predicted molar refractivity (Wildman–Crippen MR) is 158 cm³/mol. The molecule has 0 saturated carbocycles.